The van der Waals surface area contributed by atoms with Gasteiger partial charge < -0.3 is 4.90 Å². The minimum absolute atomic E-state index is 0.0685. The number of nitrogens with zero attached hydrogens (tertiary/aromatic N) is 2. The Kier molecular flexibility index (Phi) is 13.1. The number of allylic oxidation sites excluding steroid dienone is 9. The summed E-state index contributed by atoms with van der Waals surface area (Å²) in [5.41, 5.74) is 12.4. The number of fused-ring (bicyclic) bond motifs is 6. The van der Waals surface area contributed by atoms with E-state index < -0.39 is 0 Å². The van der Waals surface area contributed by atoms with Gasteiger partial charge in [-0.15, -0.1) is 18.2 Å². The van der Waals surface area contributed by atoms with E-state index in [2.05, 4.69) is 172 Å². The van der Waals surface area contributed by atoms with Gasteiger partial charge in [-0.2, -0.15) is 4.58 Å². The van der Waals surface area contributed by atoms with Crippen LogP contribution in [0.4, 0.5) is 11.4 Å². The normalized spacial score (nSPS) is 18.5. The summed E-state index contributed by atoms with van der Waals surface area (Å²) in [6.45, 7) is 20.9. The molecule has 2 heterocycles. The number of hydrogen-bond donors (Lipinski definition) is 0. The molecule has 0 N–H and O–H groups in total. The van der Waals surface area contributed by atoms with Crippen molar-refractivity contribution >= 4 is 50.2 Å². The molecule has 1 aliphatic carbocycles. The summed E-state index contributed by atoms with van der Waals surface area (Å²) >= 11 is 4.64. The van der Waals surface area contributed by atoms with Gasteiger partial charge in [0.2, 0.25) is 5.69 Å². The second-order valence-electron chi connectivity index (χ2n) is 15.7. The third kappa shape index (κ3) is 8.04. The van der Waals surface area contributed by atoms with Crippen LogP contribution in [0, 0.1) is 0 Å². The second kappa shape index (κ2) is 17.3. The van der Waals surface area contributed by atoms with Crippen LogP contribution in [0.3, 0.4) is 0 Å². The Balaban J connectivity index is 0.00000131. The zero-order chi connectivity index (χ0) is 38.3. The fourth-order valence-corrected chi connectivity index (χ4v) is 8.86. The van der Waals surface area contributed by atoms with Crippen LogP contribution < -0.4 is 4.90 Å². The van der Waals surface area contributed by atoms with Gasteiger partial charge >= 0.3 is 0 Å². The Morgan fingerprint density at radius 1 is 0.774 bits per heavy atom. The SMILES string of the molecule is C=C(C)CCCCCN1/C(=C/C=C2C=C(/C=C/C3=[N+](C)c4ccc5ccccc5c4C3(C)C)CCC/2)C(C)(C)c2c1ccc1ccccc21.CC.CCl. The number of anilines is 1. The van der Waals surface area contributed by atoms with E-state index >= 15 is 0 Å². The molecule has 0 amide bonds. The molecule has 0 saturated carbocycles. The molecule has 0 atom stereocenters. The first kappa shape index (κ1) is 40.1. The standard InChI is InChI=1S/C47H53N2.C2H6.CH3Cl/c1-33(2)16-9-8-14-31-49-41-28-26-37-20-11-13-22-39(37)45(41)47(5,6)43(49)30-24-35-18-15-17-34(32-35)23-29-42-46(3,4)44-38-21-12-10-19-36(38)25-27-40(44)48(42)7;2*1-2/h10-13,19-30,32H,1,8-9,14-18,31H2,2-7H3;1-2H3;1H3/q+1;;. The molecule has 0 fully saturated rings. The number of hydrogen-bond acceptors (Lipinski definition) is 1. The molecule has 4 aromatic carbocycles. The minimum atomic E-state index is -0.0828. The molecular formula is C50H62ClN2+. The third-order valence-electron chi connectivity index (χ3n) is 11.3. The third-order valence-corrected chi connectivity index (χ3v) is 11.3. The molecule has 0 saturated heterocycles. The average Bonchev–Trinajstić information content (AvgIpc) is 3.51. The highest BCUT2D eigenvalue weighted by Gasteiger charge is 2.44. The van der Waals surface area contributed by atoms with Gasteiger partial charge in [-0.25, -0.2) is 0 Å². The predicted molar refractivity (Wildman–Crippen MR) is 236 cm³/mol. The highest BCUT2D eigenvalue weighted by Crippen LogP contribution is 2.51. The van der Waals surface area contributed by atoms with Crippen molar-refractivity contribution in [2.75, 3.05) is 24.9 Å². The molecule has 3 aliphatic rings. The fourth-order valence-electron chi connectivity index (χ4n) is 8.86. The molecule has 4 aromatic rings. The lowest BCUT2D eigenvalue weighted by Gasteiger charge is -2.27. The van der Waals surface area contributed by atoms with Gasteiger partial charge in [0.05, 0.1) is 5.41 Å². The van der Waals surface area contributed by atoms with Crippen molar-refractivity contribution in [2.24, 2.45) is 0 Å². The van der Waals surface area contributed by atoms with Crippen LogP contribution in [-0.2, 0) is 10.8 Å². The van der Waals surface area contributed by atoms with E-state index in [0.29, 0.717) is 0 Å². The molecule has 278 valence electrons. The molecule has 53 heavy (non-hydrogen) atoms. The molecule has 0 radical (unpaired) electrons. The van der Waals surface area contributed by atoms with Crippen LogP contribution in [0.2, 0.25) is 0 Å². The van der Waals surface area contributed by atoms with E-state index in [1.165, 1.54) is 104 Å². The quantitative estimate of drug-likeness (QED) is 0.0720. The topological polar surface area (TPSA) is 6.25 Å². The van der Waals surface area contributed by atoms with Crippen LogP contribution in [0.25, 0.3) is 21.5 Å². The highest BCUT2D eigenvalue weighted by molar-refractivity contribution is 6.15. The lowest BCUT2D eigenvalue weighted by atomic mass is 9.79. The Labute approximate surface area is 326 Å². The lowest BCUT2D eigenvalue weighted by molar-refractivity contribution is -0.401. The number of rotatable bonds is 9. The number of benzene rings is 4. The Bertz CT molecular complexity index is 2120. The summed E-state index contributed by atoms with van der Waals surface area (Å²) in [5, 5.41) is 5.38. The van der Waals surface area contributed by atoms with Crippen molar-refractivity contribution in [1.82, 2.24) is 0 Å². The minimum Gasteiger partial charge on any atom is -0.344 e. The first-order valence-corrected chi connectivity index (χ1v) is 20.6. The van der Waals surface area contributed by atoms with Crippen LogP contribution in [-0.4, -0.2) is 30.3 Å². The molecule has 3 heteroatoms. The summed E-state index contributed by atoms with van der Waals surface area (Å²) < 4.78 is 2.40. The Morgan fingerprint density at radius 2 is 1.42 bits per heavy atom. The predicted octanol–water partition coefficient (Wildman–Crippen LogP) is 14.3. The number of halogens is 1. The lowest BCUT2D eigenvalue weighted by Crippen LogP contribution is -2.27. The van der Waals surface area contributed by atoms with Crippen LogP contribution in [0.5, 0.6) is 0 Å². The van der Waals surface area contributed by atoms with Crippen molar-refractivity contribution in [1.29, 1.82) is 0 Å². The van der Waals surface area contributed by atoms with Gasteiger partial charge in [0.25, 0.3) is 0 Å². The monoisotopic (exact) mass is 725 g/mol. The van der Waals surface area contributed by atoms with Crippen molar-refractivity contribution in [2.45, 2.75) is 104 Å². The van der Waals surface area contributed by atoms with E-state index in [9.17, 15) is 0 Å². The summed E-state index contributed by atoms with van der Waals surface area (Å²) in [6, 6.07) is 27.0. The smallest absolute Gasteiger partial charge is 0.210 e. The van der Waals surface area contributed by atoms with E-state index in [1.54, 1.807) is 0 Å². The first-order valence-electron chi connectivity index (χ1n) is 19.8. The molecule has 2 nitrogen and oxygen atoms in total. The molecule has 0 spiro atoms. The molecular weight excluding hydrogens is 664 g/mol. The average molecular weight is 727 g/mol. The van der Waals surface area contributed by atoms with Gasteiger partial charge in [-0.05, 0) is 116 Å². The van der Waals surface area contributed by atoms with Gasteiger partial charge in [0.1, 0.15) is 7.05 Å². The van der Waals surface area contributed by atoms with Gasteiger partial charge in [0.15, 0.2) is 5.71 Å². The molecule has 0 unspecified atom stereocenters. The summed E-state index contributed by atoms with van der Waals surface area (Å²) in [5.74, 6) is 0. The summed E-state index contributed by atoms with van der Waals surface area (Å²) in [6.07, 6.45) is 21.8. The van der Waals surface area contributed by atoms with E-state index in [4.69, 9.17) is 0 Å². The van der Waals surface area contributed by atoms with Crippen LogP contribution in [0.1, 0.15) is 105 Å². The van der Waals surface area contributed by atoms with Crippen molar-refractivity contribution in [3.63, 3.8) is 0 Å². The second-order valence-corrected chi connectivity index (χ2v) is 15.7. The van der Waals surface area contributed by atoms with Crippen molar-refractivity contribution in [3.05, 3.63) is 143 Å². The zero-order valence-corrected chi connectivity index (χ0v) is 34.7. The van der Waals surface area contributed by atoms with E-state index in [0.717, 1.165) is 25.8 Å². The van der Waals surface area contributed by atoms with Crippen LogP contribution in [0.15, 0.2) is 132 Å². The zero-order valence-electron chi connectivity index (χ0n) is 34.0. The van der Waals surface area contributed by atoms with E-state index in [-0.39, 0.29) is 10.8 Å². The maximum atomic E-state index is 4.64. The number of alkyl halides is 1. The molecule has 7 rings (SSSR count). The maximum Gasteiger partial charge on any atom is 0.210 e. The van der Waals surface area contributed by atoms with Gasteiger partial charge in [0, 0.05) is 47.4 Å². The van der Waals surface area contributed by atoms with Gasteiger partial charge in [-0.1, -0.05) is 113 Å². The fraction of sp³-hybridized carbons (Fsp3) is 0.380. The molecule has 0 bridgehead atoms. The maximum absolute atomic E-state index is 4.64. The number of unbranched alkanes of at least 4 members (excludes halogenated alkanes) is 2. The Hall–Kier alpha value is -4.14. The van der Waals surface area contributed by atoms with Crippen molar-refractivity contribution < 1.29 is 4.58 Å². The first-order chi connectivity index (χ1) is 25.6. The summed E-state index contributed by atoms with van der Waals surface area (Å²) in [7, 11) is 2.23. The van der Waals surface area contributed by atoms with Gasteiger partial charge in [-0.3, -0.25) is 0 Å². The Morgan fingerprint density at radius 3 is 2.09 bits per heavy atom. The largest absolute Gasteiger partial charge is 0.344 e. The van der Waals surface area contributed by atoms with E-state index in [1.807, 2.05) is 13.8 Å². The molecule has 2 aliphatic heterocycles. The highest BCUT2D eigenvalue weighted by atomic mass is 35.5. The summed E-state index contributed by atoms with van der Waals surface area (Å²) in [4.78, 5) is 2.63. The molecule has 0 aromatic heterocycles. The van der Waals surface area contributed by atoms with Crippen molar-refractivity contribution in [3.8, 4) is 0 Å². The van der Waals surface area contributed by atoms with Crippen LogP contribution >= 0.6 is 11.6 Å².